The third-order valence-corrected chi connectivity index (χ3v) is 3.02. The van der Waals surface area contributed by atoms with E-state index < -0.39 is 0 Å². The molecular weight excluding hydrogens is 236 g/mol. The third-order valence-electron chi connectivity index (χ3n) is 3.02. The Balaban J connectivity index is 2.05. The molecule has 0 saturated heterocycles. The van der Waals surface area contributed by atoms with Crippen molar-refractivity contribution in [1.82, 2.24) is 9.97 Å². The molecule has 0 unspecified atom stereocenters. The lowest BCUT2D eigenvalue weighted by molar-refractivity contribution is 0.839. The fourth-order valence-electron chi connectivity index (χ4n) is 2.00. The van der Waals surface area contributed by atoms with E-state index in [4.69, 9.17) is 5.73 Å². The maximum Gasteiger partial charge on any atom is 0.149 e. The monoisotopic (exact) mass is 256 g/mol. The number of aromatic nitrogens is 2. The summed E-state index contributed by atoms with van der Waals surface area (Å²) in [7, 11) is 2.03. The molecule has 0 bridgehead atoms. The number of anilines is 2. The number of aryl methyl sites for hydroxylation is 1. The molecular formula is C15H20N4. The molecule has 1 aromatic heterocycles. The molecule has 0 aliphatic carbocycles. The van der Waals surface area contributed by atoms with E-state index in [1.165, 1.54) is 12.0 Å². The van der Waals surface area contributed by atoms with Crippen molar-refractivity contribution in [2.75, 3.05) is 17.7 Å². The van der Waals surface area contributed by atoms with Gasteiger partial charge in [-0.25, -0.2) is 9.97 Å². The summed E-state index contributed by atoms with van der Waals surface area (Å²) in [6, 6.07) is 10.3. The van der Waals surface area contributed by atoms with Crippen LogP contribution in [0.2, 0.25) is 0 Å². The average molecular weight is 256 g/mol. The summed E-state index contributed by atoms with van der Waals surface area (Å²) in [6.45, 7) is 2.84. The summed E-state index contributed by atoms with van der Waals surface area (Å²) in [4.78, 5) is 10.5. The summed E-state index contributed by atoms with van der Waals surface area (Å²) >= 11 is 0. The van der Waals surface area contributed by atoms with Crippen LogP contribution in [-0.4, -0.2) is 17.0 Å². The molecule has 0 spiro atoms. The number of nitrogen functional groups attached to an aromatic ring is 1. The first-order valence-electron chi connectivity index (χ1n) is 6.56. The second-order valence-electron chi connectivity index (χ2n) is 4.67. The molecule has 4 heteroatoms. The van der Waals surface area contributed by atoms with Crippen LogP contribution in [0.3, 0.4) is 0 Å². The Bertz CT molecular complexity index is 522. The van der Waals surface area contributed by atoms with E-state index in [2.05, 4.69) is 46.1 Å². The molecule has 0 fully saturated rings. The fourth-order valence-corrected chi connectivity index (χ4v) is 2.00. The summed E-state index contributed by atoms with van der Waals surface area (Å²) in [5.74, 6) is 1.25. The smallest absolute Gasteiger partial charge is 0.149 e. The van der Waals surface area contributed by atoms with Gasteiger partial charge in [-0.05, 0) is 30.2 Å². The Morgan fingerprint density at radius 3 is 2.53 bits per heavy atom. The minimum absolute atomic E-state index is 0.511. The Labute approximate surface area is 114 Å². The standard InChI is InChI=1S/C15H20N4/c1-3-4-12-5-7-13(8-6-12)19(2)11-15-17-10-9-14(16)18-15/h5-10H,3-4,11H2,1-2H3,(H2,16,17,18). The summed E-state index contributed by atoms with van der Waals surface area (Å²) in [5.41, 5.74) is 8.19. The first kappa shape index (κ1) is 13.3. The number of nitrogens with zero attached hydrogens (tertiary/aromatic N) is 3. The lowest BCUT2D eigenvalue weighted by atomic mass is 10.1. The molecule has 0 radical (unpaired) electrons. The van der Waals surface area contributed by atoms with Gasteiger partial charge < -0.3 is 10.6 Å². The number of hydrogen-bond donors (Lipinski definition) is 1. The van der Waals surface area contributed by atoms with Crippen molar-refractivity contribution >= 4 is 11.5 Å². The highest BCUT2D eigenvalue weighted by Gasteiger charge is 2.04. The molecule has 0 saturated carbocycles. The van der Waals surface area contributed by atoms with Gasteiger partial charge in [0.15, 0.2) is 0 Å². The van der Waals surface area contributed by atoms with E-state index in [0.717, 1.165) is 17.9 Å². The molecule has 1 aromatic carbocycles. The highest BCUT2D eigenvalue weighted by molar-refractivity contribution is 5.47. The molecule has 2 aromatic rings. The maximum atomic E-state index is 5.66. The second kappa shape index (κ2) is 6.18. The molecule has 0 aliphatic rings. The van der Waals surface area contributed by atoms with Gasteiger partial charge in [0, 0.05) is 18.9 Å². The Kier molecular flexibility index (Phi) is 4.34. The third kappa shape index (κ3) is 3.68. The van der Waals surface area contributed by atoms with Crippen LogP contribution in [-0.2, 0) is 13.0 Å². The van der Waals surface area contributed by atoms with Gasteiger partial charge in [-0.15, -0.1) is 0 Å². The summed E-state index contributed by atoms with van der Waals surface area (Å²) in [6.07, 6.45) is 3.99. The minimum Gasteiger partial charge on any atom is -0.384 e. The highest BCUT2D eigenvalue weighted by atomic mass is 15.1. The molecule has 2 rings (SSSR count). The predicted octanol–water partition coefficient (Wildman–Crippen LogP) is 2.65. The van der Waals surface area contributed by atoms with Gasteiger partial charge >= 0.3 is 0 Å². The number of nitrogens with two attached hydrogens (primary N) is 1. The van der Waals surface area contributed by atoms with E-state index in [1.54, 1.807) is 12.3 Å². The Morgan fingerprint density at radius 2 is 1.89 bits per heavy atom. The lowest BCUT2D eigenvalue weighted by Crippen LogP contribution is -2.18. The van der Waals surface area contributed by atoms with Gasteiger partial charge in [0.25, 0.3) is 0 Å². The number of hydrogen-bond acceptors (Lipinski definition) is 4. The van der Waals surface area contributed by atoms with E-state index in [9.17, 15) is 0 Å². The van der Waals surface area contributed by atoms with Gasteiger partial charge in [-0.2, -0.15) is 0 Å². The molecule has 2 N–H and O–H groups in total. The van der Waals surface area contributed by atoms with Crippen LogP contribution in [0.5, 0.6) is 0 Å². The summed E-state index contributed by atoms with van der Waals surface area (Å²) in [5, 5.41) is 0. The molecule has 19 heavy (non-hydrogen) atoms. The lowest BCUT2D eigenvalue weighted by Gasteiger charge is -2.18. The van der Waals surface area contributed by atoms with Crippen molar-refractivity contribution < 1.29 is 0 Å². The van der Waals surface area contributed by atoms with Gasteiger partial charge in [0.05, 0.1) is 6.54 Å². The van der Waals surface area contributed by atoms with Crippen molar-refractivity contribution in [3.63, 3.8) is 0 Å². The molecule has 100 valence electrons. The van der Waals surface area contributed by atoms with Crippen LogP contribution in [0.15, 0.2) is 36.5 Å². The zero-order chi connectivity index (χ0) is 13.7. The van der Waals surface area contributed by atoms with Crippen LogP contribution >= 0.6 is 0 Å². The number of rotatable bonds is 5. The van der Waals surface area contributed by atoms with Crippen molar-refractivity contribution in [3.05, 3.63) is 47.9 Å². The highest BCUT2D eigenvalue weighted by Crippen LogP contribution is 2.16. The second-order valence-corrected chi connectivity index (χ2v) is 4.67. The average Bonchev–Trinajstić information content (AvgIpc) is 2.40. The van der Waals surface area contributed by atoms with Gasteiger partial charge in [-0.1, -0.05) is 25.5 Å². The summed E-state index contributed by atoms with van der Waals surface area (Å²) < 4.78 is 0. The van der Waals surface area contributed by atoms with Gasteiger partial charge in [-0.3, -0.25) is 0 Å². The van der Waals surface area contributed by atoms with E-state index in [-0.39, 0.29) is 0 Å². The van der Waals surface area contributed by atoms with E-state index >= 15 is 0 Å². The van der Waals surface area contributed by atoms with Gasteiger partial charge in [0.1, 0.15) is 11.6 Å². The van der Waals surface area contributed by atoms with Crippen LogP contribution in [0, 0.1) is 0 Å². The van der Waals surface area contributed by atoms with Gasteiger partial charge in [0.2, 0.25) is 0 Å². The van der Waals surface area contributed by atoms with Crippen molar-refractivity contribution in [3.8, 4) is 0 Å². The predicted molar refractivity (Wildman–Crippen MR) is 79.0 cm³/mol. The van der Waals surface area contributed by atoms with E-state index in [1.807, 2.05) is 7.05 Å². The van der Waals surface area contributed by atoms with Crippen LogP contribution < -0.4 is 10.6 Å². The van der Waals surface area contributed by atoms with Crippen LogP contribution in [0.1, 0.15) is 24.7 Å². The zero-order valence-corrected chi connectivity index (χ0v) is 11.5. The van der Waals surface area contributed by atoms with Crippen molar-refractivity contribution in [2.45, 2.75) is 26.3 Å². The van der Waals surface area contributed by atoms with Crippen LogP contribution in [0.4, 0.5) is 11.5 Å². The molecule has 0 amide bonds. The number of benzene rings is 1. The molecule has 4 nitrogen and oxygen atoms in total. The van der Waals surface area contributed by atoms with Crippen LogP contribution in [0.25, 0.3) is 0 Å². The van der Waals surface area contributed by atoms with E-state index in [0.29, 0.717) is 12.4 Å². The Hall–Kier alpha value is -2.10. The minimum atomic E-state index is 0.511. The van der Waals surface area contributed by atoms with Crippen molar-refractivity contribution in [1.29, 1.82) is 0 Å². The van der Waals surface area contributed by atoms with Crippen molar-refractivity contribution in [2.24, 2.45) is 0 Å². The zero-order valence-electron chi connectivity index (χ0n) is 11.5. The first-order valence-corrected chi connectivity index (χ1v) is 6.56. The maximum absolute atomic E-state index is 5.66. The Morgan fingerprint density at radius 1 is 1.16 bits per heavy atom. The molecule has 1 heterocycles. The SMILES string of the molecule is CCCc1ccc(N(C)Cc2nccc(N)n2)cc1. The molecule has 0 aliphatic heterocycles. The normalized spacial score (nSPS) is 10.4. The quantitative estimate of drug-likeness (QED) is 0.893. The topological polar surface area (TPSA) is 55.0 Å². The molecule has 0 atom stereocenters. The largest absolute Gasteiger partial charge is 0.384 e. The fraction of sp³-hybridized carbons (Fsp3) is 0.333. The first-order chi connectivity index (χ1) is 9.19.